The molecule has 5 rings (SSSR count). The lowest BCUT2D eigenvalue weighted by Gasteiger charge is -2.33. The van der Waals surface area contributed by atoms with Gasteiger partial charge < -0.3 is 15.1 Å². The summed E-state index contributed by atoms with van der Waals surface area (Å²) in [6.45, 7) is 8.08. The molecule has 338 valence electrons. The first-order valence-corrected chi connectivity index (χ1v) is 22.1. The number of hydrogen-bond donors (Lipinski definition) is 2. The fourth-order valence-corrected chi connectivity index (χ4v) is 7.71. The fourth-order valence-electron chi connectivity index (χ4n) is 7.71. The average Bonchev–Trinajstić information content (AvgIpc) is 3.27. The predicted octanol–water partition coefficient (Wildman–Crippen LogP) is 3.45. The van der Waals surface area contributed by atoms with E-state index in [0.29, 0.717) is 130 Å². The van der Waals surface area contributed by atoms with E-state index in [1.165, 1.54) is 0 Å². The standard InChI is InChI=1S/C47H64N10O6/c58-44(15-9-22-56(33-40-11-1-5-18-48-40)34-41-12-2-6-19-49-41)17-24-52-25-27-54(38-46(60)61)31-29-53(30-32-55(28-26-52)39-47(62)63)37-45(59)16-10-23-57(35-42-13-3-7-20-50-42)36-43-14-4-8-21-51-43/h1-8,11-14,18-21H,9-10,15-17,22-39H2,(H,60,61)(H,62,63). The highest BCUT2D eigenvalue weighted by Crippen LogP contribution is 2.12. The van der Waals surface area contributed by atoms with Gasteiger partial charge in [0.2, 0.25) is 0 Å². The second kappa shape index (κ2) is 27.6. The summed E-state index contributed by atoms with van der Waals surface area (Å²) in [4.78, 5) is 81.0. The normalized spacial score (nSPS) is 15.2. The topological polar surface area (TPSA) is 180 Å². The smallest absolute Gasteiger partial charge is 0.317 e. The van der Waals surface area contributed by atoms with Crippen molar-refractivity contribution in [2.24, 2.45) is 0 Å². The number of rotatable bonds is 25. The quantitative estimate of drug-likeness (QED) is 0.0989. The Morgan fingerprint density at radius 2 is 0.778 bits per heavy atom. The number of carbonyl (C=O) groups excluding carboxylic acids is 2. The summed E-state index contributed by atoms with van der Waals surface area (Å²) < 4.78 is 0. The minimum absolute atomic E-state index is 0.0808. The average molecular weight is 865 g/mol. The van der Waals surface area contributed by atoms with Gasteiger partial charge in [0.25, 0.3) is 0 Å². The molecule has 0 unspecified atom stereocenters. The second-order valence-corrected chi connectivity index (χ2v) is 16.2. The van der Waals surface area contributed by atoms with E-state index in [1.54, 1.807) is 24.8 Å². The van der Waals surface area contributed by atoms with Gasteiger partial charge in [0, 0.05) is 129 Å². The Bertz CT molecular complexity index is 1820. The summed E-state index contributed by atoms with van der Waals surface area (Å²) in [5.74, 6) is -1.63. The van der Waals surface area contributed by atoms with Crippen molar-refractivity contribution in [1.82, 2.24) is 49.3 Å². The number of carbonyl (C=O) groups is 4. The molecule has 0 saturated carbocycles. The number of nitrogens with zero attached hydrogens (tertiary/aromatic N) is 10. The molecule has 1 fully saturated rings. The molecule has 4 aromatic heterocycles. The molecule has 1 saturated heterocycles. The Hall–Kier alpha value is -5.36. The monoisotopic (exact) mass is 865 g/mol. The van der Waals surface area contributed by atoms with E-state index in [1.807, 2.05) is 87.5 Å². The molecular weight excluding hydrogens is 801 g/mol. The van der Waals surface area contributed by atoms with E-state index in [0.717, 1.165) is 22.8 Å². The molecule has 16 heteroatoms. The number of hydrogen-bond acceptors (Lipinski definition) is 14. The maximum absolute atomic E-state index is 13.5. The lowest BCUT2D eigenvalue weighted by Crippen LogP contribution is -2.48. The number of pyridine rings is 4. The fraction of sp³-hybridized carbons (Fsp3) is 0.489. The Balaban J connectivity index is 1.12. The number of ketones is 2. The van der Waals surface area contributed by atoms with Crippen molar-refractivity contribution in [3.63, 3.8) is 0 Å². The van der Waals surface area contributed by atoms with E-state index in [9.17, 15) is 29.4 Å². The number of carboxylic acid groups (broad SMARTS) is 2. The van der Waals surface area contributed by atoms with E-state index < -0.39 is 11.9 Å². The van der Waals surface area contributed by atoms with E-state index >= 15 is 0 Å². The van der Waals surface area contributed by atoms with Gasteiger partial charge in [0.05, 0.1) is 42.4 Å². The van der Waals surface area contributed by atoms with Crippen molar-refractivity contribution in [3.05, 3.63) is 120 Å². The molecule has 5 heterocycles. The minimum Gasteiger partial charge on any atom is -0.480 e. The van der Waals surface area contributed by atoms with Crippen LogP contribution in [0.15, 0.2) is 97.6 Å². The summed E-state index contributed by atoms with van der Waals surface area (Å²) in [7, 11) is 0. The van der Waals surface area contributed by atoms with Gasteiger partial charge in [-0.15, -0.1) is 0 Å². The Kier molecular flexibility index (Phi) is 21.4. The van der Waals surface area contributed by atoms with Gasteiger partial charge in [0.15, 0.2) is 0 Å². The van der Waals surface area contributed by atoms with Crippen LogP contribution in [0.5, 0.6) is 0 Å². The van der Waals surface area contributed by atoms with Gasteiger partial charge in [-0.1, -0.05) is 24.3 Å². The van der Waals surface area contributed by atoms with Crippen LogP contribution in [0.2, 0.25) is 0 Å². The number of aliphatic carboxylic acids is 2. The largest absolute Gasteiger partial charge is 0.480 e. The molecule has 63 heavy (non-hydrogen) atoms. The molecule has 0 bridgehead atoms. The van der Waals surface area contributed by atoms with Crippen LogP contribution in [0.3, 0.4) is 0 Å². The maximum Gasteiger partial charge on any atom is 0.317 e. The molecule has 0 radical (unpaired) electrons. The first-order chi connectivity index (χ1) is 30.7. The highest BCUT2D eigenvalue weighted by atomic mass is 16.4. The minimum atomic E-state index is -0.930. The molecule has 0 aliphatic carbocycles. The Morgan fingerprint density at radius 3 is 1.11 bits per heavy atom. The molecule has 1 aliphatic heterocycles. The summed E-state index contributed by atoms with van der Waals surface area (Å²) >= 11 is 0. The molecular formula is C47H64N10O6. The molecule has 0 atom stereocenters. The van der Waals surface area contributed by atoms with Gasteiger partial charge in [-0.3, -0.25) is 63.6 Å². The van der Waals surface area contributed by atoms with E-state index in [4.69, 9.17) is 0 Å². The Morgan fingerprint density at radius 1 is 0.444 bits per heavy atom. The van der Waals surface area contributed by atoms with Crippen LogP contribution in [0.1, 0.15) is 54.9 Å². The second-order valence-electron chi connectivity index (χ2n) is 16.2. The van der Waals surface area contributed by atoms with E-state index in [-0.39, 0.29) is 31.2 Å². The molecule has 1 aliphatic rings. The number of Topliss-reactive ketones (excluding diaryl/α,β-unsaturated/α-hetero) is 2. The van der Waals surface area contributed by atoms with Crippen molar-refractivity contribution in [3.8, 4) is 0 Å². The molecule has 4 aromatic rings. The first kappa shape index (κ1) is 48.7. The predicted molar refractivity (Wildman–Crippen MR) is 239 cm³/mol. The van der Waals surface area contributed by atoms with Gasteiger partial charge in [-0.2, -0.15) is 0 Å². The zero-order chi connectivity index (χ0) is 44.5. The van der Waals surface area contributed by atoms with Crippen LogP contribution in [0, 0.1) is 0 Å². The third-order valence-electron chi connectivity index (χ3n) is 11.1. The van der Waals surface area contributed by atoms with E-state index in [2.05, 4.69) is 34.6 Å². The van der Waals surface area contributed by atoms with Crippen LogP contribution < -0.4 is 0 Å². The zero-order valence-corrected chi connectivity index (χ0v) is 36.5. The van der Waals surface area contributed by atoms with Crippen LogP contribution in [-0.2, 0) is 45.4 Å². The van der Waals surface area contributed by atoms with Gasteiger partial charge in [-0.25, -0.2) is 0 Å². The van der Waals surface area contributed by atoms with Crippen molar-refractivity contribution in [2.75, 3.05) is 91.6 Å². The lowest BCUT2D eigenvalue weighted by molar-refractivity contribution is -0.139. The molecule has 0 aromatic carbocycles. The van der Waals surface area contributed by atoms with Crippen LogP contribution in [0.4, 0.5) is 0 Å². The third kappa shape index (κ3) is 20.1. The highest BCUT2D eigenvalue weighted by molar-refractivity contribution is 5.80. The highest BCUT2D eigenvalue weighted by Gasteiger charge is 2.21. The van der Waals surface area contributed by atoms with Gasteiger partial charge >= 0.3 is 11.9 Å². The summed E-state index contributed by atoms with van der Waals surface area (Å²) in [5.41, 5.74) is 3.79. The van der Waals surface area contributed by atoms with Crippen LogP contribution in [0.25, 0.3) is 0 Å². The molecule has 16 nitrogen and oxygen atoms in total. The zero-order valence-electron chi connectivity index (χ0n) is 36.5. The lowest BCUT2D eigenvalue weighted by atomic mass is 10.1. The SMILES string of the molecule is O=C(O)CN1CCN(CCC(=O)CCCN(Cc2ccccn2)Cc2ccccn2)CCN(CC(=O)O)CCN(CC(=O)CCCN(Cc2ccccn2)Cc2ccccn2)CC1. The summed E-state index contributed by atoms with van der Waals surface area (Å²) in [6.07, 6.45) is 9.59. The maximum atomic E-state index is 13.5. The van der Waals surface area contributed by atoms with Crippen molar-refractivity contribution < 1.29 is 29.4 Å². The first-order valence-electron chi connectivity index (χ1n) is 22.1. The van der Waals surface area contributed by atoms with Crippen molar-refractivity contribution in [1.29, 1.82) is 0 Å². The molecule has 0 spiro atoms. The molecule has 0 amide bonds. The van der Waals surface area contributed by atoms with Gasteiger partial charge in [-0.05, 0) is 74.5 Å². The number of carboxylic acids is 2. The van der Waals surface area contributed by atoms with Crippen molar-refractivity contribution >= 4 is 23.5 Å². The summed E-state index contributed by atoms with van der Waals surface area (Å²) in [6, 6.07) is 23.4. The van der Waals surface area contributed by atoms with Crippen LogP contribution in [-0.4, -0.2) is 175 Å². The Labute approximate surface area is 371 Å². The van der Waals surface area contributed by atoms with Gasteiger partial charge in [0.1, 0.15) is 11.6 Å². The number of aromatic nitrogens is 4. The molecule has 2 N–H and O–H groups in total. The summed E-state index contributed by atoms with van der Waals surface area (Å²) in [5, 5.41) is 19.6. The van der Waals surface area contributed by atoms with Crippen molar-refractivity contribution in [2.45, 2.75) is 58.3 Å². The third-order valence-corrected chi connectivity index (χ3v) is 11.1. The van der Waals surface area contributed by atoms with Crippen LogP contribution >= 0.6 is 0 Å².